The molecule has 0 atom stereocenters. The van der Waals surface area contributed by atoms with E-state index in [1.54, 1.807) is 0 Å². The lowest BCUT2D eigenvalue weighted by Gasteiger charge is -2.16. The summed E-state index contributed by atoms with van der Waals surface area (Å²) in [6.45, 7) is 0. The van der Waals surface area contributed by atoms with Gasteiger partial charge in [0, 0.05) is 22.5 Å². The first-order valence-corrected chi connectivity index (χ1v) is 9.09. The third-order valence-corrected chi connectivity index (χ3v) is 4.87. The Labute approximate surface area is 160 Å². The standard InChI is InChI=1S/C25H22N2/c26-22-15-7-13-20(24(22)18-9-3-1-4-10-18)17-21-14-8-16-23(27)25(21)19-11-5-2-6-12-19/h1-16H,17,26-27H2. The van der Waals surface area contributed by atoms with Crippen LogP contribution in [0.4, 0.5) is 11.4 Å². The van der Waals surface area contributed by atoms with Gasteiger partial charge in [0.15, 0.2) is 0 Å². The lowest BCUT2D eigenvalue weighted by atomic mass is 9.89. The van der Waals surface area contributed by atoms with Crippen LogP contribution in [0.1, 0.15) is 11.1 Å². The van der Waals surface area contributed by atoms with Gasteiger partial charge in [-0.15, -0.1) is 0 Å². The number of benzene rings is 4. The van der Waals surface area contributed by atoms with Crippen molar-refractivity contribution in [2.75, 3.05) is 11.5 Å². The van der Waals surface area contributed by atoms with Crippen LogP contribution in [0, 0.1) is 0 Å². The average Bonchev–Trinajstić information content (AvgIpc) is 2.70. The van der Waals surface area contributed by atoms with Crippen molar-refractivity contribution in [2.24, 2.45) is 0 Å². The highest BCUT2D eigenvalue weighted by Gasteiger charge is 2.13. The molecule has 0 bridgehead atoms. The summed E-state index contributed by atoms with van der Waals surface area (Å²) in [6, 6.07) is 32.9. The van der Waals surface area contributed by atoms with E-state index in [1.807, 2.05) is 60.7 Å². The summed E-state index contributed by atoms with van der Waals surface area (Å²) in [6.07, 6.45) is 0.768. The van der Waals surface area contributed by atoms with Gasteiger partial charge in [-0.3, -0.25) is 0 Å². The van der Waals surface area contributed by atoms with Crippen molar-refractivity contribution in [2.45, 2.75) is 6.42 Å². The van der Waals surface area contributed by atoms with E-state index >= 15 is 0 Å². The van der Waals surface area contributed by atoms with Gasteiger partial charge in [-0.2, -0.15) is 0 Å². The minimum Gasteiger partial charge on any atom is -0.398 e. The molecule has 4 N–H and O–H groups in total. The summed E-state index contributed by atoms with van der Waals surface area (Å²) in [5.74, 6) is 0. The molecule has 0 aliphatic heterocycles. The molecule has 0 radical (unpaired) electrons. The molecule has 4 rings (SSSR count). The van der Waals surface area contributed by atoms with Gasteiger partial charge in [0.1, 0.15) is 0 Å². The molecule has 0 heterocycles. The Hall–Kier alpha value is -3.52. The van der Waals surface area contributed by atoms with E-state index in [9.17, 15) is 0 Å². The molecule has 0 aliphatic rings. The predicted molar refractivity (Wildman–Crippen MR) is 115 cm³/mol. The van der Waals surface area contributed by atoms with Crippen LogP contribution in [-0.4, -0.2) is 0 Å². The molecule has 0 saturated heterocycles. The zero-order valence-electron chi connectivity index (χ0n) is 15.1. The number of hydrogen-bond donors (Lipinski definition) is 2. The van der Waals surface area contributed by atoms with Crippen LogP contribution in [0.2, 0.25) is 0 Å². The van der Waals surface area contributed by atoms with Crippen molar-refractivity contribution in [3.8, 4) is 22.3 Å². The summed E-state index contributed by atoms with van der Waals surface area (Å²) in [7, 11) is 0. The Morgan fingerprint density at radius 1 is 0.444 bits per heavy atom. The predicted octanol–water partition coefficient (Wildman–Crippen LogP) is 5.78. The van der Waals surface area contributed by atoms with Crippen LogP contribution in [0.3, 0.4) is 0 Å². The second kappa shape index (κ2) is 7.38. The molecule has 0 unspecified atom stereocenters. The van der Waals surface area contributed by atoms with Gasteiger partial charge in [-0.25, -0.2) is 0 Å². The van der Waals surface area contributed by atoms with Gasteiger partial charge in [0.2, 0.25) is 0 Å². The van der Waals surface area contributed by atoms with Crippen molar-refractivity contribution < 1.29 is 0 Å². The van der Waals surface area contributed by atoms with Crippen LogP contribution in [0.15, 0.2) is 97.1 Å². The van der Waals surface area contributed by atoms with Crippen LogP contribution in [0.5, 0.6) is 0 Å². The zero-order valence-corrected chi connectivity index (χ0v) is 15.1. The topological polar surface area (TPSA) is 52.0 Å². The largest absolute Gasteiger partial charge is 0.398 e. The van der Waals surface area contributed by atoms with Crippen molar-refractivity contribution in [1.29, 1.82) is 0 Å². The number of rotatable bonds is 4. The average molecular weight is 350 g/mol. The van der Waals surface area contributed by atoms with E-state index in [2.05, 4.69) is 36.4 Å². The second-order valence-electron chi connectivity index (χ2n) is 6.67. The summed E-state index contributed by atoms with van der Waals surface area (Å²) in [5.41, 5.74) is 21.2. The Bertz CT molecular complexity index is 967. The molecule has 0 amide bonds. The minimum absolute atomic E-state index is 0.768. The molecule has 0 aliphatic carbocycles. The van der Waals surface area contributed by atoms with Gasteiger partial charge >= 0.3 is 0 Å². The Balaban J connectivity index is 1.84. The SMILES string of the molecule is Nc1cccc(Cc2cccc(N)c2-c2ccccc2)c1-c1ccccc1. The maximum Gasteiger partial charge on any atom is 0.0396 e. The van der Waals surface area contributed by atoms with E-state index in [0.29, 0.717) is 0 Å². The van der Waals surface area contributed by atoms with Crippen molar-refractivity contribution in [3.05, 3.63) is 108 Å². The number of hydrogen-bond acceptors (Lipinski definition) is 2. The number of anilines is 2. The molecular weight excluding hydrogens is 328 g/mol. The van der Waals surface area contributed by atoms with Crippen LogP contribution in [-0.2, 0) is 6.42 Å². The highest BCUT2D eigenvalue weighted by Crippen LogP contribution is 2.35. The zero-order chi connectivity index (χ0) is 18.6. The Kier molecular flexibility index (Phi) is 4.63. The third-order valence-electron chi connectivity index (χ3n) is 4.87. The van der Waals surface area contributed by atoms with E-state index in [0.717, 1.165) is 40.0 Å². The fourth-order valence-electron chi connectivity index (χ4n) is 3.65. The third kappa shape index (κ3) is 3.42. The molecule has 4 aromatic carbocycles. The van der Waals surface area contributed by atoms with E-state index in [1.165, 1.54) is 11.1 Å². The highest BCUT2D eigenvalue weighted by molar-refractivity contribution is 5.82. The van der Waals surface area contributed by atoms with Crippen LogP contribution >= 0.6 is 0 Å². The lowest BCUT2D eigenvalue weighted by Crippen LogP contribution is -2.01. The van der Waals surface area contributed by atoms with Crippen LogP contribution in [0.25, 0.3) is 22.3 Å². The maximum atomic E-state index is 6.36. The molecule has 4 aromatic rings. The minimum atomic E-state index is 0.768. The molecule has 0 spiro atoms. The molecule has 2 heteroatoms. The quantitative estimate of drug-likeness (QED) is 0.459. The van der Waals surface area contributed by atoms with E-state index in [4.69, 9.17) is 11.5 Å². The Morgan fingerprint density at radius 3 is 1.26 bits per heavy atom. The van der Waals surface area contributed by atoms with Crippen molar-refractivity contribution in [1.82, 2.24) is 0 Å². The van der Waals surface area contributed by atoms with Crippen LogP contribution < -0.4 is 11.5 Å². The summed E-state index contributed by atoms with van der Waals surface area (Å²) in [4.78, 5) is 0. The fourth-order valence-corrected chi connectivity index (χ4v) is 3.65. The van der Waals surface area contributed by atoms with Gasteiger partial charge in [0.25, 0.3) is 0 Å². The fraction of sp³-hybridized carbons (Fsp3) is 0.0400. The molecule has 132 valence electrons. The van der Waals surface area contributed by atoms with E-state index in [-0.39, 0.29) is 0 Å². The van der Waals surface area contributed by atoms with Gasteiger partial charge in [0.05, 0.1) is 0 Å². The maximum absolute atomic E-state index is 6.36. The number of nitrogen functional groups attached to an aromatic ring is 2. The second-order valence-corrected chi connectivity index (χ2v) is 6.67. The highest BCUT2D eigenvalue weighted by atomic mass is 14.6. The molecular formula is C25H22N2. The van der Waals surface area contributed by atoms with E-state index < -0.39 is 0 Å². The Morgan fingerprint density at radius 2 is 0.852 bits per heavy atom. The molecule has 27 heavy (non-hydrogen) atoms. The smallest absolute Gasteiger partial charge is 0.0396 e. The molecule has 0 fully saturated rings. The van der Waals surface area contributed by atoms with Crippen molar-refractivity contribution in [3.63, 3.8) is 0 Å². The first-order valence-electron chi connectivity index (χ1n) is 9.09. The first-order chi connectivity index (χ1) is 13.2. The van der Waals surface area contributed by atoms with Crippen molar-refractivity contribution >= 4 is 11.4 Å². The molecule has 2 nitrogen and oxygen atoms in total. The normalized spacial score (nSPS) is 10.7. The van der Waals surface area contributed by atoms with Gasteiger partial charge in [-0.1, -0.05) is 84.9 Å². The van der Waals surface area contributed by atoms with Gasteiger partial charge in [-0.05, 0) is 40.8 Å². The number of nitrogens with two attached hydrogens (primary N) is 2. The monoisotopic (exact) mass is 350 g/mol. The van der Waals surface area contributed by atoms with Gasteiger partial charge < -0.3 is 11.5 Å². The lowest BCUT2D eigenvalue weighted by molar-refractivity contribution is 1.20. The first kappa shape index (κ1) is 16.9. The summed E-state index contributed by atoms with van der Waals surface area (Å²) < 4.78 is 0. The summed E-state index contributed by atoms with van der Waals surface area (Å²) in [5, 5.41) is 0. The summed E-state index contributed by atoms with van der Waals surface area (Å²) >= 11 is 0. The molecule has 0 saturated carbocycles. The molecule has 0 aromatic heterocycles.